The van der Waals surface area contributed by atoms with Gasteiger partial charge >= 0.3 is 5.97 Å². The molecular formula is C43H46N4O7. The van der Waals surface area contributed by atoms with Crippen LogP contribution >= 0.6 is 0 Å². The molecule has 0 aliphatic carbocycles. The number of fused-ring (bicyclic) bond motifs is 1. The molecule has 11 nitrogen and oxygen atoms in total. The molecule has 2 heterocycles. The molecule has 11 heteroatoms. The SMILES string of the molecule is O=C(Cc1ccc(CC(=O)N(CCCNC[C@H](O)c2ccc(O)c3[nH]c(=O)ccc23)Cc2ccccc2)cc1)N1CCC(C(=O)O)(c2ccccc2)CC1. The number of benzene rings is 4. The van der Waals surface area contributed by atoms with E-state index in [0.717, 1.165) is 22.3 Å². The Morgan fingerprint density at radius 3 is 2.13 bits per heavy atom. The van der Waals surface area contributed by atoms with Crippen LogP contribution in [0.3, 0.4) is 0 Å². The Hall–Kier alpha value is -5.78. The molecule has 1 aliphatic heterocycles. The molecule has 1 atom stereocenters. The molecule has 280 valence electrons. The molecule has 0 radical (unpaired) electrons. The number of rotatable bonds is 15. The van der Waals surface area contributed by atoms with Crippen LogP contribution in [-0.4, -0.2) is 80.6 Å². The van der Waals surface area contributed by atoms with Gasteiger partial charge in [-0.3, -0.25) is 19.2 Å². The number of likely N-dealkylation sites (tertiary alicyclic amines) is 1. The van der Waals surface area contributed by atoms with Crippen molar-refractivity contribution in [2.45, 2.75) is 50.2 Å². The molecule has 5 N–H and O–H groups in total. The summed E-state index contributed by atoms with van der Waals surface area (Å²) >= 11 is 0. The van der Waals surface area contributed by atoms with Gasteiger partial charge in [0, 0.05) is 44.2 Å². The lowest BCUT2D eigenvalue weighted by Crippen LogP contribution is -2.49. The van der Waals surface area contributed by atoms with E-state index in [1.807, 2.05) is 89.8 Å². The number of phenols is 1. The number of carboxylic acid groups (broad SMARTS) is 1. The summed E-state index contributed by atoms with van der Waals surface area (Å²) < 4.78 is 0. The molecule has 1 fully saturated rings. The largest absolute Gasteiger partial charge is 0.506 e. The van der Waals surface area contributed by atoms with Crippen molar-refractivity contribution >= 4 is 28.7 Å². The second kappa shape index (κ2) is 17.4. The summed E-state index contributed by atoms with van der Waals surface area (Å²) in [6.45, 7) is 2.49. The van der Waals surface area contributed by atoms with Crippen molar-refractivity contribution in [3.8, 4) is 5.75 Å². The van der Waals surface area contributed by atoms with Gasteiger partial charge in [-0.2, -0.15) is 0 Å². The van der Waals surface area contributed by atoms with E-state index in [2.05, 4.69) is 10.3 Å². The maximum atomic E-state index is 13.6. The fourth-order valence-corrected chi connectivity index (χ4v) is 7.26. The number of nitrogens with one attached hydrogen (secondary N) is 2. The Morgan fingerprint density at radius 2 is 1.46 bits per heavy atom. The van der Waals surface area contributed by atoms with Gasteiger partial charge in [0.05, 0.1) is 29.9 Å². The third kappa shape index (κ3) is 9.05. The summed E-state index contributed by atoms with van der Waals surface area (Å²) in [5.74, 6) is -0.999. The maximum Gasteiger partial charge on any atom is 0.314 e. The molecule has 0 unspecified atom stereocenters. The van der Waals surface area contributed by atoms with Crippen LogP contribution in [0.15, 0.2) is 114 Å². The van der Waals surface area contributed by atoms with Crippen molar-refractivity contribution in [1.29, 1.82) is 0 Å². The average Bonchev–Trinajstić information content (AvgIpc) is 3.19. The lowest BCUT2D eigenvalue weighted by atomic mass is 9.73. The van der Waals surface area contributed by atoms with Gasteiger partial charge < -0.3 is 35.4 Å². The molecular weight excluding hydrogens is 684 g/mol. The molecule has 54 heavy (non-hydrogen) atoms. The highest BCUT2D eigenvalue weighted by atomic mass is 16.4. The summed E-state index contributed by atoms with van der Waals surface area (Å²) in [4.78, 5) is 57.1. The fraction of sp³-hybridized carbons (Fsp3) is 0.302. The predicted octanol–water partition coefficient (Wildman–Crippen LogP) is 4.71. The number of aromatic hydroxyl groups is 1. The van der Waals surface area contributed by atoms with Crippen LogP contribution in [-0.2, 0) is 39.2 Å². The highest BCUT2D eigenvalue weighted by molar-refractivity contribution is 5.87. The topological polar surface area (TPSA) is 163 Å². The van der Waals surface area contributed by atoms with E-state index >= 15 is 0 Å². The van der Waals surface area contributed by atoms with Gasteiger partial charge in [-0.25, -0.2) is 0 Å². The number of aromatic amines is 1. The Balaban J connectivity index is 1.00. The number of aromatic nitrogens is 1. The standard InChI is InChI=1S/C43H46N4O7/c48-36-18-16-34(35-17-19-38(50)45-41(35)36)37(49)28-44-22-7-23-47(29-32-8-3-1-4-9-32)40(52)27-31-14-12-30(13-15-31)26-39(51)46-24-20-43(21-25-46,42(53)54)33-10-5-2-6-11-33/h1-6,8-19,37,44,48-49H,7,20-29H2,(H,45,50)(H,53,54)/t37-/m0/s1. The number of hydrogen-bond acceptors (Lipinski definition) is 7. The van der Waals surface area contributed by atoms with Gasteiger partial charge in [-0.1, -0.05) is 91.0 Å². The number of aliphatic hydroxyl groups excluding tert-OH is 1. The third-order valence-corrected chi connectivity index (χ3v) is 10.4. The summed E-state index contributed by atoms with van der Waals surface area (Å²) in [5, 5.41) is 35.0. The van der Waals surface area contributed by atoms with Crippen LogP contribution in [0.1, 0.15) is 53.2 Å². The second-order valence-corrected chi connectivity index (χ2v) is 14.0. The van der Waals surface area contributed by atoms with Crippen molar-refractivity contribution in [1.82, 2.24) is 20.1 Å². The molecule has 0 bridgehead atoms. The Kier molecular flexibility index (Phi) is 12.2. The average molecular weight is 731 g/mol. The van der Waals surface area contributed by atoms with Crippen molar-refractivity contribution < 1.29 is 29.7 Å². The number of phenolic OH excluding ortho intramolecular Hbond substituents is 1. The second-order valence-electron chi connectivity index (χ2n) is 14.0. The third-order valence-electron chi connectivity index (χ3n) is 10.4. The van der Waals surface area contributed by atoms with E-state index in [9.17, 15) is 34.5 Å². The molecule has 6 rings (SSSR count). The Labute approximate surface area is 313 Å². The number of carbonyl (C=O) groups excluding carboxylic acids is 2. The van der Waals surface area contributed by atoms with E-state index in [1.165, 1.54) is 12.1 Å². The Bertz CT molecular complexity index is 2110. The molecule has 2 amide bonds. The first-order valence-electron chi connectivity index (χ1n) is 18.3. The molecule has 1 saturated heterocycles. The number of pyridine rings is 1. The number of piperidine rings is 1. The number of nitrogens with zero attached hydrogens (tertiary/aromatic N) is 2. The van der Waals surface area contributed by atoms with Crippen LogP contribution in [0.5, 0.6) is 5.75 Å². The minimum absolute atomic E-state index is 0.0269. The highest BCUT2D eigenvalue weighted by Crippen LogP contribution is 2.36. The first kappa shape index (κ1) is 38.0. The first-order chi connectivity index (χ1) is 26.1. The highest BCUT2D eigenvalue weighted by Gasteiger charge is 2.43. The van der Waals surface area contributed by atoms with E-state index in [4.69, 9.17) is 0 Å². The zero-order valence-electron chi connectivity index (χ0n) is 30.1. The molecule has 0 spiro atoms. The molecule has 0 saturated carbocycles. The van der Waals surface area contributed by atoms with Gasteiger partial charge in [0.25, 0.3) is 0 Å². The summed E-state index contributed by atoms with van der Waals surface area (Å²) in [6.07, 6.45) is 0.882. The van der Waals surface area contributed by atoms with Crippen molar-refractivity contribution in [2.75, 3.05) is 32.7 Å². The van der Waals surface area contributed by atoms with Crippen LogP contribution in [0.25, 0.3) is 10.9 Å². The first-order valence-corrected chi connectivity index (χ1v) is 18.3. The van der Waals surface area contributed by atoms with Crippen LogP contribution in [0, 0.1) is 0 Å². The van der Waals surface area contributed by atoms with Gasteiger partial charge in [0.15, 0.2) is 0 Å². The van der Waals surface area contributed by atoms with Gasteiger partial charge in [-0.05, 0) is 65.8 Å². The monoisotopic (exact) mass is 730 g/mol. The van der Waals surface area contributed by atoms with Crippen LogP contribution in [0.4, 0.5) is 0 Å². The van der Waals surface area contributed by atoms with Gasteiger partial charge in [0.2, 0.25) is 17.4 Å². The quantitative estimate of drug-likeness (QED) is 0.0969. The van der Waals surface area contributed by atoms with Crippen LogP contribution < -0.4 is 10.9 Å². The number of amides is 2. The summed E-state index contributed by atoms with van der Waals surface area (Å²) in [7, 11) is 0. The smallest absolute Gasteiger partial charge is 0.314 e. The summed E-state index contributed by atoms with van der Waals surface area (Å²) in [6, 6.07) is 32.6. The van der Waals surface area contributed by atoms with Crippen molar-refractivity contribution in [3.63, 3.8) is 0 Å². The van der Waals surface area contributed by atoms with E-state index < -0.39 is 17.5 Å². The van der Waals surface area contributed by atoms with Crippen molar-refractivity contribution in [2.24, 2.45) is 0 Å². The maximum absolute atomic E-state index is 13.6. The van der Waals surface area contributed by atoms with Gasteiger partial charge in [-0.15, -0.1) is 0 Å². The summed E-state index contributed by atoms with van der Waals surface area (Å²) in [5.41, 5.74) is 2.99. The predicted molar refractivity (Wildman–Crippen MR) is 206 cm³/mol. The van der Waals surface area contributed by atoms with E-state index in [-0.39, 0.29) is 48.0 Å². The number of aliphatic hydroxyl groups is 1. The number of aliphatic carboxylic acids is 1. The Morgan fingerprint density at radius 1 is 0.815 bits per heavy atom. The minimum Gasteiger partial charge on any atom is -0.506 e. The number of H-pyrrole nitrogens is 1. The number of hydrogen-bond donors (Lipinski definition) is 5. The molecule has 1 aliphatic rings. The zero-order chi connectivity index (χ0) is 38.1. The number of carbonyl (C=O) groups is 3. The van der Waals surface area contributed by atoms with E-state index in [0.29, 0.717) is 62.9 Å². The van der Waals surface area contributed by atoms with Gasteiger partial charge in [0.1, 0.15) is 5.75 Å². The van der Waals surface area contributed by atoms with Crippen molar-refractivity contribution in [3.05, 3.63) is 147 Å². The lowest BCUT2D eigenvalue weighted by molar-refractivity contribution is -0.148. The van der Waals surface area contributed by atoms with E-state index in [1.54, 1.807) is 17.0 Å². The fourth-order valence-electron chi connectivity index (χ4n) is 7.26. The van der Waals surface area contributed by atoms with Crippen LogP contribution in [0.2, 0.25) is 0 Å². The number of carboxylic acids is 1. The molecule has 5 aromatic rings. The minimum atomic E-state index is -0.992. The zero-order valence-corrected chi connectivity index (χ0v) is 30.1. The lowest BCUT2D eigenvalue weighted by Gasteiger charge is -2.39. The normalized spacial score (nSPS) is 14.4. The molecule has 1 aromatic heterocycles. The molecule has 4 aromatic carbocycles.